The molecule has 0 aromatic carbocycles. The normalized spacial score (nSPS) is 25.1. The van der Waals surface area contributed by atoms with E-state index in [0.29, 0.717) is 5.82 Å². The van der Waals surface area contributed by atoms with Crippen molar-refractivity contribution in [2.75, 3.05) is 25.6 Å². The monoisotopic (exact) mass is 250 g/mol. The average molecular weight is 250 g/mol. The molecule has 0 amide bonds. The lowest BCUT2D eigenvalue weighted by atomic mass is 9.94. The summed E-state index contributed by atoms with van der Waals surface area (Å²) in [6, 6.07) is 5.86. The van der Waals surface area contributed by atoms with Crippen molar-refractivity contribution in [3.8, 4) is 0 Å². The van der Waals surface area contributed by atoms with Crippen molar-refractivity contribution in [2.24, 2.45) is 5.84 Å². The molecule has 0 radical (unpaired) electrons. The maximum absolute atomic E-state index is 5.60. The van der Waals surface area contributed by atoms with E-state index >= 15 is 0 Å². The van der Waals surface area contributed by atoms with Crippen molar-refractivity contribution in [1.29, 1.82) is 0 Å². The molecule has 1 aromatic heterocycles. The van der Waals surface area contributed by atoms with Crippen LogP contribution >= 0.6 is 0 Å². The molecule has 100 valence electrons. The molecule has 1 unspecified atom stereocenters. The standard InChI is InChI=1S/C13H22N4O/c1-13(18-2)7-4-8-17(10-13)9-11-5-3-6-12(15-11)16-14/h3,5-6H,4,7-10,14H2,1-2H3,(H,15,16). The molecule has 18 heavy (non-hydrogen) atoms. The first-order chi connectivity index (χ1) is 8.65. The number of methoxy groups -OCH3 is 1. The lowest BCUT2D eigenvalue weighted by Gasteiger charge is -2.39. The Morgan fingerprint density at radius 2 is 2.39 bits per heavy atom. The highest BCUT2D eigenvalue weighted by Gasteiger charge is 2.30. The zero-order valence-electron chi connectivity index (χ0n) is 11.1. The number of pyridine rings is 1. The van der Waals surface area contributed by atoms with Gasteiger partial charge in [-0.05, 0) is 38.4 Å². The van der Waals surface area contributed by atoms with Crippen LogP contribution in [0.4, 0.5) is 5.82 Å². The predicted octanol–water partition coefficient (Wildman–Crippen LogP) is 1.37. The number of ether oxygens (including phenoxy) is 1. The molecular formula is C13H22N4O. The van der Waals surface area contributed by atoms with E-state index in [9.17, 15) is 0 Å². The number of hydrazine groups is 1. The summed E-state index contributed by atoms with van der Waals surface area (Å²) in [6.45, 7) is 5.06. The van der Waals surface area contributed by atoms with Crippen LogP contribution in [0, 0.1) is 0 Å². The number of nitrogens with one attached hydrogen (secondary N) is 1. The molecular weight excluding hydrogens is 228 g/mol. The third kappa shape index (κ3) is 3.19. The minimum atomic E-state index is -0.0258. The first kappa shape index (κ1) is 13.3. The van der Waals surface area contributed by atoms with Crippen molar-refractivity contribution in [3.63, 3.8) is 0 Å². The highest BCUT2D eigenvalue weighted by Crippen LogP contribution is 2.24. The van der Waals surface area contributed by atoms with Crippen molar-refractivity contribution < 1.29 is 4.74 Å². The summed E-state index contributed by atoms with van der Waals surface area (Å²) in [5.74, 6) is 6.08. The van der Waals surface area contributed by atoms with Gasteiger partial charge in [-0.25, -0.2) is 10.8 Å². The third-order valence-electron chi connectivity index (χ3n) is 3.57. The number of piperidine rings is 1. The molecule has 1 fully saturated rings. The number of nitrogens with two attached hydrogens (primary N) is 1. The SMILES string of the molecule is COC1(C)CCCN(Cc2cccc(NN)n2)C1. The van der Waals surface area contributed by atoms with E-state index in [4.69, 9.17) is 10.6 Å². The lowest BCUT2D eigenvalue weighted by Crippen LogP contribution is -2.46. The Morgan fingerprint density at radius 3 is 3.11 bits per heavy atom. The molecule has 5 nitrogen and oxygen atoms in total. The quantitative estimate of drug-likeness (QED) is 0.624. The summed E-state index contributed by atoms with van der Waals surface area (Å²) < 4.78 is 5.60. The molecule has 0 bridgehead atoms. The van der Waals surface area contributed by atoms with Crippen LogP contribution in [0.15, 0.2) is 18.2 Å². The minimum absolute atomic E-state index is 0.0258. The van der Waals surface area contributed by atoms with Crippen LogP contribution in [0.25, 0.3) is 0 Å². The number of rotatable bonds is 4. The molecule has 3 N–H and O–H groups in total. The van der Waals surface area contributed by atoms with Crippen LogP contribution in [0.2, 0.25) is 0 Å². The van der Waals surface area contributed by atoms with Crippen molar-refractivity contribution in [3.05, 3.63) is 23.9 Å². The Kier molecular flexibility index (Phi) is 4.16. The van der Waals surface area contributed by atoms with Crippen LogP contribution in [0.1, 0.15) is 25.5 Å². The average Bonchev–Trinajstić information content (AvgIpc) is 2.39. The number of hydrogen-bond acceptors (Lipinski definition) is 5. The Labute approximate surface area is 108 Å². The third-order valence-corrected chi connectivity index (χ3v) is 3.57. The van der Waals surface area contributed by atoms with E-state index < -0.39 is 0 Å². The lowest BCUT2D eigenvalue weighted by molar-refractivity contribution is -0.0529. The number of nitrogen functional groups attached to an aromatic ring is 1. The van der Waals surface area contributed by atoms with Gasteiger partial charge >= 0.3 is 0 Å². The van der Waals surface area contributed by atoms with Gasteiger partial charge in [0.05, 0.1) is 11.3 Å². The van der Waals surface area contributed by atoms with Crippen LogP contribution < -0.4 is 11.3 Å². The van der Waals surface area contributed by atoms with Gasteiger partial charge in [-0.15, -0.1) is 0 Å². The van der Waals surface area contributed by atoms with Gasteiger partial charge in [-0.1, -0.05) is 6.07 Å². The second-order valence-corrected chi connectivity index (χ2v) is 5.13. The zero-order chi connectivity index (χ0) is 13.0. The summed E-state index contributed by atoms with van der Waals surface area (Å²) in [5, 5.41) is 0. The molecule has 1 aliphatic rings. The van der Waals surface area contributed by atoms with Crippen LogP contribution in [0.5, 0.6) is 0 Å². The fraction of sp³-hybridized carbons (Fsp3) is 0.615. The number of aromatic nitrogens is 1. The second kappa shape index (κ2) is 5.65. The Balaban J connectivity index is 2.00. The molecule has 1 aliphatic heterocycles. The maximum Gasteiger partial charge on any atom is 0.140 e. The largest absolute Gasteiger partial charge is 0.377 e. The summed E-state index contributed by atoms with van der Waals surface area (Å²) in [4.78, 5) is 6.82. The zero-order valence-corrected chi connectivity index (χ0v) is 11.1. The molecule has 0 saturated carbocycles. The van der Waals surface area contributed by atoms with Crippen molar-refractivity contribution in [1.82, 2.24) is 9.88 Å². The summed E-state index contributed by atoms with van der Waals surface area (Å²) in [7, 11) is 1.79. The molecule has 5 heteroatoms. The topological polar surface area (TPSA) is 63.4 Å². The van der Waals surface area contributed by atoms with Gasteiger partial charge in [0.15, 0.2) is 0 Å². The highest BCUT2D eigenvalue weighted by molar-refractivity contribution is 5.33. The van der Waals surface area contributed by atoms with Gasteiger partial charge in [0, 0.05) is 20.2 Å². The van der Waals surface area contributed by atoms with Crippen LogP contribution in [0.3, 0.4) is 0 Å². The number of hydrogen-bond donors (Lipinski definition) is 2. The molecule has 0 aliphatic carbocycles. The number of nitrogens with zero attached hydrogens (tertiary/aromatic N) is 2. The van der Waals surface area contributed by atoms with Gasteiger partial charge in [0.2, 0.25) is 0 Å². The maximum atomic E-state index is 5.60. The summed E-state index contributed by atoms with van der Waals surface area (Å²) >= 11 is 0. The van der Waals surface area contributed by atoms with Gasteiger partial charge in [0.25, 0.3) is 0 Å². The van der Waals surface area contributed by atoms with Gasteiger partial charge in [-0.2, -0.15) is 0 Å². The Bertz CT molecular complexity index is 398. The minimum Gasteiger partial charge on any atom is -0.377 e. The fourth-order valence-corrected chi connectivity index (χ4v) is 2.49. The second-order valence-electron chi connectivity index (χ2n) is 5.13. The molecule has 2 rings (SSSR count). The van der Waals surface area contributed by atoms with Gasteiger partial charge in [0.1, 0.15) is 5.82 Å². The first-order valence-electron chi connectivity index (χ1n) is 6.35. The summed E-state index contributed by atoms with van der Waals surface area (Å²) in [6.07, 6.45) is 2.29. The molecule has 2 heterocycles. The van der Waals surface area contributed by atoms with E-state index in [1.54, 1.807) is 7.11 Å². The Morgan fingerprint density at radius 1 is 1.56 bits per heavy atom. The van der Waals surface area contributed by atoms with Gasteiger partial charge in [-0.3, -0.25) is 4.90 Å². The van der Waals surface area contributed by atoms with E-state index in [2.05, 4.69) is 22.2 Å². The van der Waals surface area contributed by atoms with E-state index in [0.717, 1.165) is 31.7 Å². The number of anilines is 1. The van der Waals surface area contributed by atoms with E-state index in [1.165, 1.54) is 6.42 Å². The van der Waals surface area contributed by atoms with Gasteiger partial charge < -0.3 is 10.2 Å². The highest BCUT2D eigenvalue weighted by atomic mass is 16.5. The Hall–Kier alpha value is -1.17. The van der Waals surface area contributed by atoms with E-state index in [-0.39, 0.29) is 5.60 Å². The van der Waals surface area contributed by atoms with E-state index in [1.807, 2.05) is 18.2 Å². The number of likely N-dealkylation sites (tertiary alicyclic amines) is 1. The fourth-order valence-electron chi connectivity index (χ4n) is 2.49. The van der Waals surface area contributed by atoms with Crippen molar-refractivity contribution >= 4 is 5.82 Å². The van der Waals surface area contributed by atoms with Crippen molar-refractivity contribution in [2.45, 2.75) is 31.9 Å². The first-order valence-corrected chi connectivity index (χ1v) is 6.35. The molecule has 1 atom stereocenters. The van der Waals surface area contributed by atoms with Crippen LogP contribution in [-0.4, -0.2) is 35.7 Å². The predicted molar refractivity (Wildman–Crippen MR) is 72.0 cm³/mol. The molecule has 1 aromatic rings. The molecule has 1 saturated heterocycles. The summed E-state index contributed by atoms with van der Waals surface area (Å²) in [5.41, 5.74) is 3.59. The molecule has 0 spiro atoms. The smallest absolute Gasteiger partial charge is 0.140 e. The van der Waals surface area contributed by atoms with Crippen LogP contribution in [-0.2, 0) is 11.3 Å².